The molecule has 1 N–H and O–H groups in total. The third kappa shape index (κ3) is 2.50. The molecule has 92 valence electrons. The Balaban J connectivity index is 2.35. The second-order valence-electron chi connectivity index (χ2n) is 4.40. The van der Waals surface area contributed by atoms with Gasteiger partial charge in [-0.25, -0.2) is 0 Å². The second-order valence-corrected chi connectivity index (χ2v) is 5.22. The van der Waals surface area contributed by atoms with Crippen molar-refractivity contribution in [2.45, 2.75) is 12.8 Å². The molecule has 0 saturated heterocycles. The van der Waals surface area contributed by atoms with Gasteiger partial charge in [-0.2, -0.15) is 0 Å². The minimum Gasteiger partial charge on any atom is -0.481 e. The maximum Gasteiger partial charge on any atom is 0.303 e. The van der Waals surface area contributed by atoms with Crippen molar-refractivity contribution in [2.24, 2.45) is 5.92 Å². The summed E-state index contributed by atoms with van der Waals surface area (Å²) in [7, 11) is 1.91. The highest BCUT2D eigenvalue weighted by Gasteiger charge is 2.27. The van der Waals surface area contributed by atoms with E-state index in [1.165, 1.54) is 0 Å². The highest BCUT2D eigenvalue weighted by atomic mass is 35.5. The Hall–Kier alpha value is -0.930. The molecular formula is C12H13Cl2NO2. The van der Waals surface area contributed by atoms with Gasteiger partial charge >= 0.3 is 5.97 Å². The van der Waals surface area contributed by atoms with Crippen LogP contribution in [0.15, 0.2) is 12.1 Å². The van der Waals surface area contributed by atoms with Crippen molar-refractivity contribution in [1.29, 1.82) is 0 Å². The number of rotatable bonds is 2. The third-order valence-electron chi connectivity index (χ3n) is 3.05. The monoisotopic (exact) mass is 273 g/mol. The Morgan fingerprint density at radius 3 is 2.76 bits per heavy atom. The molecule has 0 radical (unpaired) electrons. The molecule has 3 nitrogen and oxygen atoms in total. The molecule has 1 unspecified atom stereocenters. The van der Waals surface area contributed by atoms with Gasteiger partial charge in [0.15, 0.2) is 0 Å². The van der Waals surface area contributed by atoms with Crippen molar-refractivity contribution in [3.05, 3.63) is 27.7 Å². The Morgan fingerprint density at radius 2 is 2.12 bits per heavy atom. The smallest absolute Gasteiger partial charge is 0.303 e. The summed E-state index contributed by atoms with van der Waals surface area (Å²) in [5.74, 6) is -0.689. The first-order chi connectivity index (χ1) is 7.99. The van der Waals surface area contributed by atoms with Crippen LogP contribution in [-0.2, 0) is 11.2 Å². The van der Waals surface area contributed by atoms with Gasteiger partial charge in [-0.3, -0.25) is 4.79 Å². The fourth-order valence-corrected chi connectivity index (χ4v) is 2.96. The summed E-state index contributed by atoms with van der Waals surface area (Å²) in [6.07, 6.45) is 0.831. The molecule has 1 aliphatic rings. The van der Waals surface area contributed by atoms with E-state index in [1.54, 1.807) is 12.1 Å². The number of hydrogen-bond acceptors (Lipinski definition) is 2. The van der Waals surface area contributed by atoms with Crippen molar-refractivity contribution in [3.8, 4) is 0 Å². The van der Waals surface area contributed by atoms with Gasteiger partial charge < -0.3 is 10.0 Å². The molecular weight excluding hydrogens is 261 g/mol. The van der Waals surface area contributed by atoms with Crippen LogP contribution in [-0.4, -0.2) is 24.7 Å². The van der Waals surface area contributed by atoms with Gasteiger partial charge in [0.05, 0.1) is 17.1 Å². The van der Waals surface area contributed by atoms with Gasteiger partial charge in [-0.05, 0) is 30.0 Å². The quantitative estimate of drug-likeness (QED) is 0.901. The topological polar surface area (TPSA) is 40.5 Å². The van der Waals surface area contributed by atoms with E-state index >= 15 is 0 Å². The van der Waals surface area contributed by atoms with Crippen LogP contribution < -0.4 is 4.90 Å². The first kappa shape index (κ1) is 12.5. The van der Waals surface area contributed by atoms with Crippen LogP contribution in [0, 0.1) is 5.92 Å². The zero-order valence-corrected chi connectivity index (χ0v) is 10.9. The predicted octanol–water partition coefficient (Wildman–Crippen LogP) is 3.08. The molecule has 1 aliphatic heterocycles. The number of nitrogens with zero attached hydrogens (tertiary/aromatic N) is 1. The fourth-order valence-electron chi connectivity index (χ4n) is 2.41. The molecule has 0 aliphatic carbocycles. The lowest BCUT2D eigenvalue weighted by molar-refractivity contribution is -0.138. The van der Waals surface area contributed by atoms with Crippen molar-refractivity contribution in [2.75, 3.05) is 18.5 Å². The number of anilines is 1. The van der Waals surface area contributed by atoms with E-state index in [4.69, 9.17) is 28.3 Å². The van der Waals surface area contributed by atoms with Crippen LogP contribution in [0.4, 0.5) is 5.69 Å². The molecule has 1 atom stereocenters. The van der Waals surface area contributed by atoms with Crippen LogP contribution in [0.5, 0.6) is 0 Å². The van der Waals surface area contributed by atoms with E-state index in [9.17, 15) is 4.79 Å². The molecule has 17 heavy (non-hydrogen) atoms. The Labute approximate surface area is 110 Å². The van der Waals surface area contributed by atoms with Crippen LogP contribution in [0.3, 0.4) is 0 Å². The van der Waals surface area contributed by atoms with Gasteiger partial charge in [0.1, 0.15) is 0 Å². The molecule has 5 heteroatoms. The van der Waals surface area contributed by atoms with Crippen molar-refractivity contribution in [3.63, 3.8) is 0 Å². The van der Waals surface area contributed by atoms with Crippen molar-refractivity contribution in [1.82, 2.24) is 0 Å². The maximum absolute atomic E-state index is 10.8. The Morgan fingerprint density at radius 1 is 1.47 bits per heavy atom. The van der Waals surface area contributed by atoms with Gasteiger partial charge in [0.25, 0.3) is 0 Å². The molecule has 1 aromatic carbocycles. The third-order valence-corrected chi connectivity index (χ3v) is 3.71. The van der Waals surface area contributed by atoms with E-state index in [1.807, 2.05) is 11.9 Å². The lowest BCUT2D eigenvalue weighted by atomic mass is 9.90. The van der Waals surface area contributed by atoms with Gasteiger partial charge in [-0.15, -0.1) is 0 Å². The van der Waals surface area contributed by atoms with Crippen molar-refractivity contribution >= 4 is 34.9 Å². The number of carbonyl (C=O) groups is 1. The minimum atomic E-state index is -0.773. The lowest BCUT2D eigenvalue weighted by Gasteiger charge is -2.34. The second kappa shape index (κ2) is 4.75. The number of fused-ring (bicyclic) bond motifs is 1. The number of hydrogen-bond donors (Lipinski definition) is 1. The average molecular weight is 274 g/mol. The largest absolute Gasteiger partial charge is 0.481 e. The molecule has 1 aromatic rings. The average Bonchev–Trinajstić information content (AvgIpc) is 2.22. The maximum atomic E-state index is 10.8. The molecule has 0 amide bonds. The Bertz CT molecular complexity index is 462. The summed E-state index contributed by atoms with van der Waals surface area (Å²) in [4.78, 5) is 12.7. The van der Waals surface area contributed by atoms with Crippen molar-refractivity contribution < 1.29 is 9.90 Å². The summed E-state index contributed by atoms with van der Waals surface area (Å²) >= 11 is 12.3. The lowest BCUT2D eigenvalue weighted by Crippen LogP contribution is -2.33. The summed E-state index contributed by atoms with van der Waals surface area (Å²) in [6, 6.07) is 3.54. The van der Waals surface area contributed by atoms with E-state index in [-0.39, 0.29) is 12.3 Å². The summed E-state index contributed by atoms with van der Waals surface area (Å²) < 4.78 is 0. The van der Waals surface area contributed by atoms with Gasteiger partial charge in [-0.1, -0.05) is 23.2 Å². The molecule has 0 aromatic heterocycles. The van der Waals surface area contributed by atoms with Gasteiger partial charge in [0.2, 0.25) is 0 Å². The molecule has 0 fully saturated rings. The highest BCUT2D eigenvalue weighted by Crippen LogP contribution is 2.39. The number of carboxylic acids is 1. The zero-order chi connectivity index (χ0) is 12.6. The minimum absolute atomic E-state index is 0.0842. The fraction of sp³-hybridized carbons (Fsp3) is 0.417. The molecule has 2 rings (SSSR count). The summed E-state index contributed by atoms with van der Waals surface area (Å²) in [5, 5.41) is 10.2. The number of aliphatic carboxylic acids is 1. The molecule has 0 bridgehead atoms. The standard InChI is InChI=1S/C12H13Cl2NO2/c1-15-6-7(5-11(16)17)4-8-9(13)2-3-10(14)12(8)15/h2-3,7H,4-6H2,1H3,(H,16,17). The number of benzene rings is 1. The normalized spacial score (nSPS) is 19.0. The molecule has 1 heterocycles. The first-order valence-electron chi connectivity index (χ1n) is 5.39. The van der Waals surface area contributed by atoms with E-state index in [0.717, 1.165) is 11.3 Å². The van der Waals surface area contributed by atoms with E-state index in [2.05, 4.69) is 0 Å². The summed E-state index contributed by atoms with van der Waals surface area (Å²) in [5.41, 5.74) is 1.89. The SMILES string of the molecule is CN1CC(CC(=O)O)Cc2c(Cl)ccc(Cl)c21. The number of halogens is 2. The Kier molecular flexibility index (Phi) is 3.50. The van der Waals surface area contributed by atoms with Crippen LogP contribution in [0.1, 0.15) is 12.0 Å². The van der Waals surface area contributed by atoms with E-state index < -0.39 is 5.97 Å². The van der Waals surface area contributed by atoms with Crippen LogP contribution in [0.2, 0.25) is 10.0 Å². The van der Waals surface area contributed by atoms with Crippen LogP contribution >= 0.6 is 23.2 Å². The highest BCUT2D eigenvalue weighted by molar-refractivity contribution is 6.36. The number of carboxylic acid groups (broad SMARTS) is 1. The molecule has 0 spiro atoms. The van der Waals surface area contributed by atoms with Gasteiger partial charge in [0, 0.05) is 18.6 Å². The zero-order valence-electron chi connectivity index (χ0n) is 9.41. The molecule has 0 saturated carbocycles. The summed E-state index contributed by atoms with van der Waals surface area (Å²) in [6.45, 7) is 0.694. The van der Waals surface area contributed by atoms with Crippen LogP contribution in [0.25, 0.3) is 0 Å². The first-order valence-corrected chi connectivity index (χ1v) is 6.14. The predicted molar refractivity (Wildman–Crippen MR) is 69.2 cm³/mol. The van der Waals surface area contributed by atoms with E-state index in [0.29, 0.717) is 23.0 Å².